The van der Waals surface area contributed by atoms with E-state index >= 15 is 0 Å². The second-order valence-electron chi connectivity index (χ2n) is 3.88. The number of rotatable bonds is 4. The number of nitrogens with zero attached hydrogens (tertiary/aromatic N) is 2. The third-order valence-corrected chi connectivity index (χ3v) is 2.44. The zero-order chi connectivity index (χ0) is 13.0. The van der Waals surface area contributed by atoms with E-state index in [-0.39, 0.29) is 5.82 Å². The van der Waals surface area contributed by atoms with E-state index in [0.717, 1.165) is 17.8 Å². The molecule has 2 N–H and O–H groups in total. The van der Waals surface area contributed by atoms with Crippen molar-refractivity contribution in [3.63, 3.8) is 0 Å². The molecular formula is C13H15FN4. The molecule has 0 aliphatic heterocycles. The first-order chi connectivity index (χ1) is 8.69. The summed E-state index contributed by atoms with van der Waals surface area (Å²) in [6.45, 7) is 4.59. The molecule has 5 heteroatoms. The Hall–Kier alpha value is -2.17. The van der Waals surface area contributed by atoms with Crippen LogP contribution < -0.4 is 10.6 Å². The molecule has 0 saturated carbocycles. The van der Waals surface area contributed by atoms with Crippen LogP contribution in [0.15, 0.2) is 30.5 Å². The maximum absolute atomic E-state index is 13.0. The molecule has 0 spiro atoms. The Labute approximate surface area is 105 Å². The van der Waals surface area contributed by atoms with E-state index in [9.17, 15) is 4.39 Å². The lowest BCUT2D eigenvalue weighted by atomic mass is 10.2. The van der Waals surface area contributed by atoms with Crippen molar-refractivity contribution in [1.82, 2.24) is 9.97 Å². The highest BCUT2D eigenvalue weighted by atomic mass is 19.1. The molecule has 1 aromatic heterocycles. The largest absolute Gasteiger partial charge is 0.354 e. The zero-order valence-electron chi connectivity index (χ0n) is 10.4. The Morgan fingerprint density at radius 1 is 1.28 bits per heavy atom. The molecule has 0 radical (unpaired) electrons. The average molecular weight is 246 g/mol. The van der Waals surface area contributed by atoms with Crippen LogP contribution in [0.2, 0.25) is 0 Å². The molecule has 0 saturated heterocycles. The van der Waals surface area contributed by atoms with E-state index in [4.69, 9.17) is 0 Å². The van der Waals surface area contributed by atoms with Crippen LogP contribution in [-0.4, -0.2) is 16.5 Å². The van der Waals surface area contributed by atoms with Crippen LogP contribution in [0, 0.1) is 12.7 Å². The molecule has 2 aromatic rings. The fourth-order valence-corrected chi connectivity index (χ4v) is 1.58. The first-order valence-electron chi connectivity index (χ1n) is 5.79. The highest BCUT2D eigenvalue weighted by Gasteiger charge is 2.02. The Balaban J connectivity index is 2.20. The number of halogens is 1. The van der Waals surface area contributed by atoms with Crippen molar-refractivity contribution in [1.29, 1.82) is 0 Å². The van der Waals surface area contributed by atoms with Crippen LogP contribution in [0.1, 0.15) is 12.5 Å². The van der Waals surface area contributed by atoms with E-state index in [0.29, 0.717) is 11.8 Å². The lowest BCUT2D eigenvalue weighted by Gasteiger charge is -2.09. The molecule has 1 aromatic carbocycles. The number of hydrogen-bond acceptors (Lipinski definition) is 4. The van der Waals surface area contributed by atoms with Crippen molar-refractivity contribution in [2.24, 2.45) is 0 Å². The Kier molecular flexibility index (Phi) is 3.72. The van der Waals surface area contributed by atoms with Gasteiger partial charge in [0.25, 0.3) is 0 Å². The van der Waals surface area contributed by atoms with Gasteiger partial charge in [0.1, 0.15) is 11.6 Å². The van der Waals surface area contributed by atoms with E-state index < -0.39 is 0 Å². The summed E-state index contributed by atoms with van der Waals surface area (Å²) in [6.07, 6.45) is 1.67. The third-order valence-electron chi connectivity index (χ3n) is 2.44. The van der Waals surface area contributed by atoms with Crippen LogP contribution in [0.4, 0.5) is 21.8 Å². The Bertz CT molecular complexity index is 542. The minimum atomic E-state index is -0.242. The topological polar surface area (TPSA) is 49.8 Å². The van der Waals surface area contributed by atoms with Crippen LogP contribution in [0.3, 0.4) is 0 Å². The molecule has 0 fully saturated rings. The molecule has 0 aliphatic carbocycles. The predicted molar refractivity (Wildman–Crippen MR) is 70.6 cm³/mol. The van der Waals surface area contributed by atoms with Crippen molar-refractivity contribution in [3.05, 3.63) is 41.8 Å². The summed E-state index contributed by atoms with van der Waals surface area (Å²) in [5.74, 6) is 1.01. The van der Waals surface area contributed by atoms with Crippen LogP contribution in [0.25, 0.3) is 0 Å². The molecule has 1 heterocycles. The van der Waals surface area contributed by atoms with Gasteiger partial charge in [-0.1, -0.05) is 0 Å². The van der Waals surface area contributed by atoms with Crippen molar-refractivity contribution in [3.8, 4) is 0 Å². The molecule has 0 aliphatic rings. The van der Waals surface area contributed by atoms with Gasteiger partial charge in [0.05, 0.1) is 0 Å². The number of aromatic nitrogens is 2. The number of nitrogens with one attached hydrogen (secondary N) is 2. The van der Waals surface area contributed by atoms with Crippen molar-refractivity contribution >= 4 is 17.5 Å². The summed E-state index contributed by atoms with van der Waals surface area (Å²) >= 11 is 0. The zero-order valence-corrected chi connectivity index (χ0v) is 10.4. The average Bonchev–Trinajstić information content (AvgIpc) is 2.34. The van der Waals surface area contributed by atoms with Crippen LogP contribution in [0.5, 0.6) is 0 Å². The van der Waals surface area contributed by atoms with Crippen molar-refractivity contribution < 1.29 is 4.39 Å². The third kappa shape index (κ3) is 2.94. The normalized spacial score (nSPS) is 10.2. The SMILES string of the molecule is CCNc1nccc(Nc2ccc(F)cc2C)n1. The van der Waals surface area contributed by atoms with Gasteiger partial charge >= 0.3 is 0 Å². The second kappa shape index (κ2) is 5.44. The maximum Gasteiger partial charge on any atom is 0.224 e. The highest BCUT2D eigenvalue weighted by molar-refractivity contribution is 5.60. The quantitative estimate of drug-likeness (QED) is 0.870. The molecule has 0 bridgehead atoms. The van der Waals surface area contributed by atoms with E-state index in [1.54, 1.807) is 18.3 Å². The summed E-state index contributed by atoms with van der Waals surface area (Å²) in [5.41, 5.74) is 1.66. The standard InChI is InChI=1S/C13H15FN4/c1-3-15-13-16-7-6-12(18-13)17-11-5-4-10(14)8-9(11)2/h4-8H,3H2,1-2H3,(H2,15,16,17,18). The molecule has 4 nitrogen and oxygen atoms in total. The fourth-order valence-electron chi connectivity index (χ4n) is 1.58. The number of aryl methyl sites for hydroxylation is 1. The van der Waals surface area contributed by atoms with Gasteiger partial charge in [-0.3, -0.25) is 0 Å². The maximum atomic E-state index is 13.0. The Morgan fingerprint density at radius 2 is 2.11 bits per heavy atom. The summed E-state index contributed by atoms with van der Waals surface area (Å²) < 4.78 is 13.0. The summed E-state index contributed by atoms with van der Waals surface area (Å²) in [7, 11) is 0. The smallest absolute Gasteiger partial charge is 0.224 e. The van der Waals surface area contributed by atoms with E-state index in [1.165, 1.54) is 12.1 Å². The van der Waals surface area contributed by atoms with E-state index in [1.807, 2.05) is 13.8 Å². The molecule has 2 rings (SSSR count). The number of hydrogen-bond donors (Lipinski definition) is 2. The Morgan fingerprint density at radius 3 is 2.83 bits per heavy atom. The van der Waals surface area contributed by atoms with Crippen molar-refractivity contribution in [2.45, 2.75) is 13.8 Å². The van der Waals surface area contributed by atoms with Gasteiger partial charge in [0.15, 0.2) is 0 Å². The van der Waals surface area contributed by atoms with Crippen molar-refractivity contribution in [2.75, 3.05) is 17.2 Å². The summed E-state index contributed by atoms with van der Waals surface area (Å²) in [5, 5.41) is 6.18. The van der Waals surface area contributed by atoms with Gasteiger partial charge in [-0.15, -0.1) is 0 Å². The minimum Gasteiger partial charge on any atom is -0.354 e. The lowest BCUT2D eigenvalue weighted by molar-refractivity contribution is 0.627. The van der Waals surface area contributed by atoms with Gasteiger partial charge in [0.2, 0.25) is 5.95 Å². The number of benzene rings is 1. The van der Waals surface area contributed by atoms with Gasteiger partial charge in [0, 0.05) is 18.4 Å². The summed E-state index contributed by atoms with van der Waals surface area (Å²) in [6, 6.07) is 6.36. The first kappa shape index (κ1) is 12.3. The van der Waals surface area contributed by atoms with E-state index in [2.05, 4.69) is 20.6 Å². The van der Waals surface area contributed by atoms with Crippen LogP contribution in [-0.2, 0) is 0 Å². The van der Waals surface area contributed by atoms with Gasteiger partial charge < -0.3 is 10.6 Å². The van der Waals surface area contributed by atoms with Gasteiger partial charge in [-0.05, 0) is 43.7 Å². The highest BCUT2D eigenvalue weighted by Crippen LogP contribution is 2.20. The monoisotopic (exact) mass is 246 g/mol. The minimum absolute atomic E-state index is 0.242. The number of anilines is 3. The molecular weight excluding hydrogens is 231 g/mol. The molecule has 0 amide bonds. The molecule has 0 atom stereocenters. The fraction of sp³-hybridized carbons (Fsp3) is 0.231. The molecule has 18 heavy (non-hydrogen) atoms. The molecule has 0 unspecified atom stereocenters. The summed E-state index contributed by atoms with van der Waals surface area (Å²) in [4.78, 5) is 8.38. The van der Waals surface area contributed by atoms with Crippen LogP contribution >= 0.6 is 0 Å². The predicted octanol–water partition coefficient (Wildman–Crippen LogP) is 3.10. The lowest BCUT2D eigenvalue weighted by Crippen LogP contribution is -2.04. The first-order valence-corrected chi connectivity index (χ1v) is 5.79. The van der Waals surface area contributed by atoms with Gasteiger partial charge in [-0.2, -0.15) is 4.98 Å². The van der Waals surface area contributed by atoms with Gasteiger partial charge in [-0.25, -0.2) is 9.37 Å². The molecule has 94 valence electrons. The second-order valence-corrected chi connectivity index (χ2v) is 3.88.